The van der Waals surface area contributed by atoms with Gasteiger partial charge in [0.15, 0.2) is 0 Å². The molecule has 156 valence electrons. The molecule has 3 amide bonds. The Hall–Kier alpha value is -1.65. The molecule has 0 bridgehead atoms. The molecule has 0 spiro atoms. The van der Waals surface area contributed by atoms with Gasteiger partial charge in [-0.1, -0.05) is 44.9 Å². The Kier molecular flexibility index (Phi) is 8.71. The van der Waals surface area contributed by atoms with Gasteiger partial charge in [0.05, 0.1) is 10.8 Å². The second kappa shape index (κ2) is 10.8. The highest BCUT2D eigenvalue weighted by Gasteiger charge is 2.22. The van der Waals surface area contributed by atoms with Crippen molar-refractivity contribution in [2.45, 2.75) is 61.9 Å². The first-order valence-corrected chi connectivity index (χ1v) is 12.0. The number of hydrogen-bond acceptors (Lipinski definition) is 6. The Morgan fingerprint density at radius 2 is 1.86 bits per heavy atom. The monoisotopic (exact) mass is 428 g/mol. The minimum atomic E-state index is -3.55. The molecule has 0 aromatic carbocycles. The number of aromatic nitrogens is 1. The number of amides is 3. The van der Waals surface area contributed by atoms with E-state index in [-0.39, 0.29) is 16.7 Å². The minimum Gasteiger partial charge on any atom is -0.335 e. The van der Waals surface area contributed by atoms with E-state index < -0.39 is 22.0 Å². The summed E-state index contributed by atoms with van der Waals surface area (Å²) in [6.45, 7) is 4.33. The van der Waals surface area contributed by atoms with Crippen molar-refractivity contribution < 1.29 is 18.0 Å². The van der Waals surface area contributed by atoms with E-state index in [4.69, 9.17) is 0 Å². The number of imide groups is 1. The van der Waals surface area contributed by atoms with Gasteiger partial charge in [0.1, 0.15) is 4.90 Å². The fourth-order valence-corrected chi connectivity index (χ4v) is 5.13. The minimum absolute atomic E-state index is 0.0211. The summed E-state index contributed by atoms with van der Waals surface area (Å²) < 4.78 is 26.2. The standard InChI is InChI=1S/C18H28N4O4S2/c1-3-22(4-2)28(25,26)15-10-11-17(19-12-15)27-13-16(23)21-18(24)20-14-8-6-5-7-9-14/h10-12,14H,3-9,13H2,1-2H3,(H2,20,21,23,24). The highest BCUT2D eigenvalue weighted by atomic mass is 32.2. The molecule has 0 aliphatic heterocycles. The summed E-state index contributed by atoms with van der Waals surface area (Å²) in [6, 6.07) is 2.72. The number of pyridine rings is 1. The van der Waals surface area contributed by atoms with Gasteiger partial charge in [-0.3, -0.25) is 10.1 Å². The Morgan fingerprint density at radius 3 is 2.43 bits per heavy atom. The molecule has 0 unspecified atom stereocenters. The maximum Gasteiger partial charge on any atom is 0.321 e. The third-order valence-electron chi connectivity index (χ3n) is 4.60. The summed E-state index contributed by atoms with van der Waals surface area (Å²) in [5, 5.41) is 5.66. The van der Waals surface area contributed by atoms with E-state index in [0.717, 1.165) is 37.4 Å². The van der Waals surface area contributed by atoms with Gasteiger partial charge in [-0.25, -0.2) is 18.2 Å². The highest BCUT2D eigenvalue weighted by Crippen LogP contribution is 2.20. The van der Waals surface area contributed by atoms with Crippen LogP contribution in [0.25, 0.3) is 0 Å². The number of hydrogen-bond donors (Lipinski definition) is 2. The number of sulfonamides is 1. The van der Waals surface area contributed by atoms with E-state index in [2.05, 4.69) is 15.6 Å². The maximum absolute atomic E-state index is 12.4. The van der Waals surface area contributed by atoms with Crippen molar-refractivity contribution in [2.24, 2.45) is 0 Å². The van der Waals surface area contributed by atoms with Crippen molar-refractivity contribution in [1.29, 1.82) is 0 Å². The van der Waals surface area contributed by atoms with Gasteiger partial charge in [0.25, 0.3) is 0 Å². The summed E-state index contributed by atoms with van der Waals surface area (Å²) in [4.78, 5) is 28.0. The Balaban J connectivity index is 1.82. The van der Waals surface area contributed by atoms with Crippen LogP contribution in [0.3, 0.4) is 0 Å². The summed E-state index contributed by atoms with van der Waals surface area (Å²) in [7, 11) is -3.55. The molecule has 1 fully saturated rings. The van der Waals surface area contributed by atoms with Crippen LogP contribution in [0.2, 0.25) is 0 Å². The van der Waals surface area contributed by atoms with Crippen molar-refractivity contribution in [3.8, 4) is 0 Å². The number of nitrogens with one attached hydrogen (secondary N) is 2. The Labute approximate surface area is 170 Å². The molecule has 1 heterocycles. The van der Waals surface area contributed by atoms with Crippen LogP contribution in [0.5, 0.6) is 0 Å². The molecule has 0 atom stereocenters. The lowest BCUT2D eigenvalue weighted by Gasteiger charge is -2.22. The number of rotatable bonds is 8. The van der Waals surface area contributed by atoms with E-state index in [1.165, 1.54) is 23.0 Å². The number of carbonyl (C=O) groups is 2. The first-order valence-electron chi connectivity index (χ1n) is 9.56. The predicted octanol–water partition coefficient (Wildman–Crippen LogP) is 2.36. The zero-order chi connectivity index (χ0) is 20.6. The molecule has 1 aliphatic carbocycles. The predicted molar refractivity (Wildman–Crippen MR) is 109 cm³/mol. The summed E-state index contributed by atoms with van der Waals surface area (Å²) in [5.74, 6) is -0.396. The molecule has 1 aromatic heterocycles. The highest BCUT2D eigenvalue weighted by molar-refractivity contribution is 7.99. The average Bonchev–Trinajstić information content (AvgIpc) is 2.68. The largest absolute Gasteiger partial charge is 0.335 e. The Bertz CT molecular complexity index is 758. The average molecular weight is 429 g/mol. The lowest BCUT2D eigenvalue weighted by atomic mass is 9.96. The normalized spacial score (nSPS) is 15.4. The van der Waals surface area contributed by atoms with Gasteiger partial charge in [-0.15, -0.1) is 0 Å². The fraction of sp³-hybridized carbons (Fsp3) is 0.611. The molecule has 1 aromatic rings. The van der Waals surface area contributed by atoms with E-state index in [1.54, 1.807) is 19.9 Å². The Morgan fingerprint density at radius 1 is 1.18 bits per heavy atom. The molecule has 28 heavy (non-hydrogen) atoms. The lowest BCUT2D eigenvalue weighted by Crippen LogP contribution is -2.45. The SMILES string of the molecule is CCN(CC)S(=O)(=O)c1ccc(SCC(=O)NC(=O)NC2CCCCC2)nc1. The van der Waals surface area contributed by atoms with Crippen LogP contribution in [0.1, 0.15) is 46.0 Å². The zero-order valence-corrected chi connectivity index (χ0v) is 17.9. The molecular weight excluding hydrogens is 400 g/mol. The molecule has 0 radical (unpaired) electrons. The molecule has 1 aliphatic rings. The molecule has 1 saturated carbocycles. The van der Waals surface area contributed by atoms with Gasteiger partial charge < -0.3 is 5.32 Å². The molecule has 2 rings (SSSR count). The molecular formula is C18H28N4O4S2. The van der Waals surface area contributed by atoms with E-state index >= 15 is 0 Å². The third kappa shape index (κ3) is 6.46. The molecule has 10 heteroatoms. The van der Waals surface area contributed by atoms with Gasteiger partial charge in [-0.05, 0) is 25.0 Å². The molecule has 2 N–H and O–H groups in total. The number of thioether (sulfide) groups is 1. The van der Waals surface area contributed by atoms with Gasteiger partial charge in [-0.2, -0.15) is 4.31 Å². The first-order chi connectivity index (χ1) is 13.4. The summed E-state index contributed by atoms with van der Waals surface area (Å²) in [6.07, 6.45) is 6.58. The van der Waals surface area contributed by atoms with Crippen LogP contribution in [-0.4, -0.2) is 54.5 Å². The van der Waals surface area contributed by atoms with Crippen molar-refractivity contribution in [3.63, 3.8) is 0 Å². The topological polar surface area (TPSA) is 108 Å². The van der Waals surface area contributed by atoms with Crippen LogP contribution < -0.4 is 10.6 Å². The quantitative estimate of drug-likeness (QED) is 0.616. The van der Waals surface area contributed by atoms with Crippen LogP contribution >= 0.6 is 11.8 Å². The summed E-state index contributed by atoms with van der Waals surface area (Å²) in [5.41, 5.74) is 0. The van der Waals surface area contributed by atoms with Gasteiger partial charge in [0, 0.05) is 25.3 Å². The number of nitrogens with zero attached hydrogens (tertiary/aromatic N) is 2. The second-order valence-corrected chi connectivity index (χ2v) is 9.50. The van der Waals surface area contributed by atoms with E-state index in [1.807, 2.05) is 0 Å². The van der Waals surface area contributed by atoms with Crippen LogP contribution in [0.15, 0.2) is 28.3 Å². The number of urea groups is 1. The maximum atomic E-state index is 12.4. The van der Waals surface area contributed by atoms with E-state index in [9.17, 15) is 18.0 Å². The lowest BCUT2D eigenvalue weighted by molar-refractivity contribution is -0.117. The van der Waals surface area contributed by atoms with Crippen LogP contribution in [-0.2, 0) is 14.8 Å². The van der Waals surface area contributed by atoms with Crippen molar-refractivity contribution in [3.05, 3.63) is 18.3 Å². The second-order valence-electron chi connectivity index (χ2n) is 6.57. The molecule has 8 nitrogen and oxygen atoms in total. The van der Waals surface area contributed by atoms with Gasteiger partial charge >= 0.3 is 6.03 Å². The molecule has 0 saturated heterocycles. The smallest absolute Gasteiger partial charge is 0.321 e. The fourth-order valence-electron chi connectivity index (χ4n) is 3.09. The zero-order valence-electron chi connectivity index (χ0n) is 16.3. The van der Waals surface area contributed by atoms with Crippen LogP contribution in [0.4, 0.5) is 4.79 Å². The number of carbonyl (C=O) groups excluding carboxylic acids is 2. The van der Waals surface area contributed by atoms with Crippen molar-refractivity contribution in [2.75, 3.05) is 18.8 Å². The van der Waals surface area contributed by atoms with Crippen molar-refractivity contribution >= 4 is 33.7 Å². The third-order valence-corrected chi connectivity index (χ3v) is 7.57. The van der Waals surface area contributed by atoms with Crippen LogP contribution in [0, 0.1) is 0 Å². The van der Waals surface area contributed by atoms with E-state index in [0.29, 0.717) is 18.1 Å². The first kappa shape index (κ1) is 22.6. The van der Waals surface area contributed by atoms with Crippen molar-refractivity contribution in [1.82, 2.24) is 19.9 Å². The summed E-state index contributed by atoms with van der Waals surface area (Å²) >= 11 is 1.14. The van der Waals surface area contributed by atoms with Gasteiger partial charge in [0.2, 0.25) is 15.9 Å².